The molecule has 5 heteroatoms. The number of allylic oxidation sites excluding steroid dienone is 1. The molecule has 0 radical (unpaired) electrons. The predicted molar refractivity (Wildman–Crippen MR) is 90.8 cm³/mol. The number of nitrogens with zero attached hydrogens (tertiary/aromatic N) is 1. The molecule has 2 aliphatic rings. The molecule has 124 valence electrons. The highest BCUT2D eigenvalue weighted by atomic mass is 32.1. The quantitative estimate of drug-likeness (QED) is 0.841. The van der Waals surface area contributed by atoms with Crippen LogP contribution in [0.4, 0.5) is 0 Å². The van der Waals surface area contributed by atoms with Crippen LogP contribution in [0.25, 0.3) is 5.57 Å². The van der Waals surface area contributed by atoms with Crippen molar-refractivity contribution in [3.05, 3.63) is 28.1 Å². The molecule has 0 N–H and O–H groups in total. The molecule has 3 rings (SSSR count). The van der Waals surface area contributed by atoms with Gasteiger partial charge in [0.05, 0.1) is 11.1 Å². The molecule has 0 bridgehead atoms. The minimum Gasteiger partial charge on any atom is -0.477 e. The largest absolute Gasteiger partial charge is 0.477 e. The molecule has 0 aromatic carbocycles. The number of ketones is 1. The number of hydrogen-bond donors (Lipinski definition) is 0. The van der Waals surface area contributed by atoms with Crippen LogP contribution in [0.3, 0.4) is 0 Å². The Balaban J connectivity index is 1.88. The lowest BCUT2D eigenvalue weighted by Gasteiger charge is -2.41. The Morgan fingerprint density at radius 3 is 2.65 bits per heavy atom. The van der Waals surface area contributed by atoms with E-state index in [0.717, 1.165) is 30.6 Å². The van der Waals surface area contributed by atoms with E-state index in [1.165, 1.54) is 11.3 Å². The van der Waals surface area contributed by atoms with Crippen molar-refractivity contribution >= 4 is 28.6 Å². The van der Waals surface area contributed by atoms with Gasteiger partial charge in [-0.3, -0.25) is 14.5 Å². The molecule has 1 aromatic rings. The van der Waals surface area contributed by atoms with Crippen LogP contribution >= 0.6 is 11.3 Å². The third-order valence-electron chi connectivity index (χ3n) is 4.99. The molecular formula is C18H23NO3S. The molecule has 1 amide bonds. The van der Waals surface area contributed by atoms with Crippen LogP contribution in [0.15, 0.2) is 23.3 Å². The highest BCUT2D eigenvalue weighted by Crippen LogP contribution is 2.36. The van der Waals surface area contributed by atoms with E-state index in [2.05, 4.69) is 0 Å². The standard InChI is InChI=1S/C18H23NO3S/c1-12-15(14-9-6-10-23-14)17(21)19(11-22-12)18(2,3)16(20)13-7-4-5-8-13/h6,9-10,13H,4-5,7-8,11H2,1-3H3. The zero-order valence-corrected chi connectivity index (χ0v) is 14.7. The molecule has 0 saturated heterocycles. The molecule has 1 saturated carbocycles. The Morgan fingerprint density at radius 1 is 1.35 bits per heavy atom. The van der Waals surface area contributed by atoms with Gasteiger partial charge in [-0.2, -0.15) is 0 Å². The summed E-state index contributed by atoms with van der Waals surface area (Å²) < 4.78 is 5.74. The van der Waals surface area contributed by atoms with Gasteiger partial charge in [-0.25, -0.2) is 0 Å². The van der Waals surface area contributed by atoms with E-state index in [1.807, 2.05) is 38.3 Å². The van der Waals surface area contributed by atoms with E-state index in [1.54, 1.807) is 4.90 Å². The maximum absolute atomic E-state index is 13.0. The van der Waals surface area contributed by atoms with Crippen LogP contribution < -0.4 is 0 Å². The summed E-state index contributed by atoms with van der Waals surface area (Å²) in [6.07, 6.45) is 4.10. The van der Waals surface area contributed by atoms with E-state index in [4.69, 9.17) is 4.74 Å². The second-order valence-electron chi connectivity index (χ2n) is 6.82. The summed E-state index contributed by atoms with van der Waals surface area (Å²) in [5.74, 6) is 0.775. The second kappa shape index (κ2) is 6.11. The summed E-state index contributed by atoms with van der Waals surface area (Å²) in [6.45, 7) is 5.66. The fraction of sp³-hybridized carbons (Fsp3) is 0.556. The van der Waals surface area contributed by atoms with Gasteiger partial charge < -0.3 is 4.74 Å². The minimum atomic E-state index is -0.838. The minimum absolute atomic E-state index is 0.0787. The lowest BCUT2D eigenvalue weighted by Crippen LogP contribution is -2.56. The van der Waals surface area contributed by atoms with Gasteiger partial charge in [0.15, 0.2) is 12.5 Å². The number of thiophene rings is 1. The summed E-state index contributed by atoms with van der Waals surface area (Å²) in [5.41, 5.74) is -0.256. The fourth-order valence-corrected chi connectivity index (χ4v) is 4.32. The second-order valence-corrected chi connectivity index (χ2v) is 7.77. The Bertz CT molecular complexity index is 639. The number of amides is 1. The van der Waals surface area contributed by atoms with Crippen molar-refractivity contribution in [2.24, 2.45) is 5.92 Å². The van der Waals surface area contributed by atoms with Gasteiger partial charge in [0.2, 0.25) is 0 Å². The first-order valence-corrected chi connectivity index (χ1v) is 9.04. The van der Waals surface area contributed by atoms with E-state index in [9.17, 15) is 9.59 Å². The molecule has 0 atom stereocenters. The van der Waals surface area contributed by atoms with E-state index in [0.29, 0.717) is 11.3 Å². The van der Waals surface area contributed by atoms with Crippen LogP contribution in [-0.2, 0) is 14.3 Å². The molecular weight excluding hydrogens is 310 g/mol. The van der Waals surface area contributed by atoms with Crippen LogP contribution in [0.1, 0.15) is 51.3 Å². The number of carbonyl (C=O) groups is 2. The first-order valence-electron chi connectivity index (χ1n) is 8.16. The van der Waals surface area contributed by atoms with Gasteiger partial charge in [0.1, 0.15) is 5.76 Å². The van der Waals surface area contributed by atoms with Crippen molar-refractivity contribution in [1.29, 1.82) is 0 Å². The molecule has 1 aliphatic heterocycles. The monoisotopic (exact) mass is 333 g/mol. The van der Waals surface area contributed by atoms with Crippen molar-refractivity contribution in [2.75, 3.05) is 6.73 Å². The molecule has 0 unspecified atom stereocenters. The Labute approximate surface area is 141 Å². The average molecular weight is 333 g/mol. The Hall–Kier alpha value is -1.62. The van der Waals surface area contributed by atoms with Crippen molar-refractivity contribution < 1.29 is 14.3 Å². The maximum atomic E-state index is 13.0. The zero-order valence-electron chi connectivity index (χ0n) is 13.9. The molecule has 2 heterocycles. The number of rotatable bonds is 4. The molecule has 1 aliphatic carbocycles. The number of Topliss-reactive ketones (excluding diaryl/α,β-unsaturated/α-hetero) is 1. The molecule has 1 fully saturated rings. The van der Waals surface area contributed by atoms with Gasteiger partial charge in [0, 0.05) is 10.8 Å². The number of hydrogen-bond acceptors (Lipinski definition) is 4. The molecule has 4 nitrogen and oxygen atoms in total. The van der Waals surface area contributed by atoms with E-state index < -0.39 is 5.54 Å². The topological polar surface area (TPSA) is 46.6 Å². The van der Waals surface area contributed by atoms with Crippen molar-refractivity contribution in [2.45, 2.75) is 52.0 Å². The summed E-state index contributed by atoms with van der Waals surface area (Å²) >= 11 is 1.51. The Kier molecular flexibility index (Phi) is 4.32. The maximum Gasteiger partial charge on any atom is 0.262 e. The lowest BCUT2D eigenvalue weighted by atomic mass is 9.85. The van der Waals surface area contributed by atoms with E-state index in [-0.39, 0.29) is 24.3 Å². The number of carbonyl (C=O) groups excluding carboxylic acids is 2. The summed E-state index contributed by atoms with van der Waals surface area (Å²) in [5, 5.41) is 1.94. The van der Waals surface area contributed by atoms with Crippen molar-refractivity contribution in [3.63, 3.8) is 0 Å². The van der Waals surface area contributed by atoms with Gasteiger partial charge in [-0.05, 0) is 45.1 Å². The summed E-state index contributed by atoms with van der Waals surface area (Å²) in [7, 11) is 0. The first kappa shape index (κ1) is 16.2. The molecule has 0 spiro atoms. The fourth-order valence-electron chi connectivity index (χ4n) is 3.51. The predicted octanol–water partition coefficient (Wildman–Crippen LogP) is 3.83. The highest BCUT2D eigenvalue weighted by molar-refractivity contribution is 7.11. The van der Waals surface area contributed by atoms with Gasteiger partial charge in [-0.15, -0.1) is 11.3 Å². The van der Waals surface area contributed by atoms with Crippen LogP contribution in [-0.4, -0.2) is 28.9 Å². The zero-order chi connectivity index (χ0) is 16.6. The highest BCUT2D eigenvalue weighted by Gasteiger charge is 2.44. The van der Waals surface area contributed by atoms with Gasteiger partial charge >= 0.3 is 0 Å². The van der Waals surface area contributed by atoms with Crippen LogP contribution in [0.2, 0.25) is 0 Å². The molecule has 1 aromatic heterocycles. The smallest absolute Gasteiger partial charge is 0.262 e. The van der Waals surface area contributed by atoms with Gasteiger partial charge in [0.25, 0.3) is 5.91 Å². The van der Waals surface area contributed by atoms with Crippen LogP contribution in [0.5, 0.6) is 0 Å². The third kappa shape index (κ3) is 2.82. The van der Waals surface area contributed by atoms with Crippen LogP contribution in [0, 0.1) is 5.92 Å². The number of ether oxygens (including phenoxy) is 1. The van der Waals surface area contributed by atoms with Crippen molar-refractivity contribution in [1.82, 2.24) is 4.90 Å². The third-order valence-corrected chi connectivity index (χ3v) is 5.88. The average Bonchev–Trinajstić information content (AvgIpc) is 3.19. The Morgan fingerprint density at radius 2 is 2.04 bits per heavy atom. The first-order chi connectivity index (χ1) is 10.9. The van der Waals surface area contributed by atoms with E-state index >= 15 is 0 Å². The summed E-state index contributed by atoms with van der Waals surface area (Å²) in [6, 6.07) is 3.83. The summed E-state index contributed by atoms with van der Waals surface area (Å²) in [4.78, 5) is 28.4. The lowest BCUT2D eigenvalue weighted by molar-refractivity contribution is -0.150. The SMILES string of the molecule is CC1=C(c2cccs2)C(=O)N(C(C)(C)C(=O)C2CCCC2)CO1. The van der Waals surface area contributed by atoms with Gasteiger partial charge in [-0.1, -0.05) is 18.9 Å². The normalized spacial score (nSPS) is 20.1. The molecule has 23 heavy (non-hydrogen) atoms. The van der Waals surface area contributed by atoms with Crippen molar-refractivity contribution in [3.8, 4) is 0 Å².